The van der Waals surface area contributed by atoms with Crippen molar-refractivity contribution in [3.05, 3.63) is 93.7 Å². The fourth-order valence-corrected chi connectivity index (χ4v) is 3.92. The highest BCUT2D eigenvalue weighted by molar-refractivity contribution is 5.92. The summed E-state index contributed by atoms with van der Waals surface area (Å²) in [5.41, 5.74) is 3.22. The first-order chi connectivity index (χ1) is 19.7. The van der Waals surface area contributed by atoms with E-state index in [2.05, 4.69) is 20.6 Å². The number of methoxy groups -OCH3 is 2. The van der Waals surface area contributed by atoms with E-state index >= 15 is 4.39 Å². The van der Waals surface area contributed by atoms with Crippen LogP contribution in [0.3, 0.4) is 0 Å². The molecule has 212 valence electrons. The molecule has 0 aliphatic carbocycles. The molecule has 0 aliphatic rings. The summed E-state index contributed by atoms with van der Waals surface area (Å²) in [6, 6.07) is 11.6. The van der Waals surface area contributed by atoms with Crippen molar-refractivity contribution >= 4 is 17.9 Å². The van der Waals surface area contributed by atoms with Gasteiger partial charge in [-0.25, -0.2) is 13.8 Å². The summed E-state index contributed by atoms with van der Waals surface area (Å²) in [4.78, 5) is 44.0. The third-order valence-corrected chi connectivity index (χ3v) is 6.02. The predicted molar refractivity (Wildman–Crippen MR) is 148 cm³/mol. The summed E-state index contributed by atoms with van der Waals surface area (Å²) >= 11 is 0. The Hall–Kier alpha value is -5.26. The number of oxazole rings is 1. The van der Waals surface area contributed by atoms with E-state index in [9.17, 15) is 14.4 Å². The smallest absolute Gasteiger partial charge is 0.423 e. The molecule has 12 heteroatoms. The first kappa shape index (κ1) is 28.7. The standard InChI is InChI=1S/C29H28FN5O6/c1-17-23(27(39-3)34-28(33-17)40-4)11-12-26(37)32-14-19-5-7-20(8-6-19)24-10-9-21(13-25(24)30)35-16-22(41-29(35)38)15-31-18(2)36/h5-13,16H,14-15H2,1-4H3,(H,31,36)(H,32,37)/b12-11+. The summed E-state index contributed by atoms with van der Waals surface area (Å²) < 4.78 is 31.6. The van der Waals surface area contributed by atoms with Crippen LogP contribution in [0.5, 0.6) is 11.9 Å². The van der Waals surface area contributed by atoms with Crippen LogP contribution in [-0.4, -0.2) is 40.6 Å². The van der Waals surface area contributed by atoms with Crippen molar-refractivity contribution in [2.24, 2.45) is 0 Å². The van der Waals surface area contributed by atoms with E-state index in [4.69, 9.17) is 13.9 Å². The van der Waals surface area contributed by atoms with Crippen LogP contribution in [0.1, 0.15) is 29.5 Å². The predicted octanol–water partition coefficient (Wildman–Crippen LogP) is 3.32. The van der Waals surface area contributed by atoms with Gasteiger partial charge < -0.3 is 24.5 Å². The quantitative estimate of drug-likeness (QED) is 0.281. The molecular weight excluding hydrogens is 533 g/mol. The SMILES string of the molecule is COc1nc(C)c(/C=C/C(=O)NCc2ccc(-c3ccc(-n4cc(CNC(C)=O)oc4=O)cc3F)cc2)c(OC)n1. The zero-order valence-electron chi connectivity index (χ0n) is 22.9. The molecule has 0 bridgehead atoms. The van der Waals surface area contributed by atoms with Crippen LogP contribution in [-0.2, 0) is 22.7 Å². The van der Waals surface area contributed by atoms with Gasteiger partial charge in [0.05, 0.1) is 43.9 Å². The summed E-state index contributed by atoms with van der Waals surface area (Å²) in [6.07, 6.45) is 4.34. The number of hydrogen-bond donors (Lipinski definition) is 2. The molecule has 4 rings (SSSR count). The molecule has 0 unspecified atom stereocenters. The van der Waals surface area contributed by atoms with Crippen molar-refractivity contribution in [3.8, 4) is 28.7 Å². The molecular formula is C29H28FN5O6. The Bertz CT molecular complexity index is 1660. The monoisotopic (exact) mass is 561 g/mol. The van der Waals surface area contributed by atoms with Crippen LogP contribution in [0.2, 0.25) is 0 Å². The van der Waals surface area contributed by atoms with Crippen molar-refractivity contribution in [1.29, 1.82) is 0 Å². The molecule has 0 radical (unpaired) electrons. The van der Waals surface area contributed by atoms with Crippen LogP contribution in [0.25, 0.3) is 22.9 Å². The lowest BCUT2D eigenvalue weighted by Crippen LogP contribution is -2.20. The Morgan fingerprint density at radius 1 is 1.05 bits per heavy atom. The normalized spacial score (nSPS) is 11.0. The Kier molecular flexibility index (Phi) is 8.92. The Morgan fingerprint density at radius 3 is 2.46 bits per heavy atom. The van der Waals surface area contributed by atoms with E-state index in [1.807, 2.05) is 0 Å². The van der Waals surface area contributed by atoms with E-state index in [-0.39, 0.29) is 48.2 Å². The van der Waals surface area contributed by atoms with E-state index in [0.717, 1.165) is 5.56 Å². The summed E-state index contributed by atoms with van der Waals surface area (Å²) in [6.45, 7) is 3.41. The molecule has 0 atom stereocenters. The maximum atomic E-state index is 15.0. The molecule has 2 aromatic carbocycles. The fraction of sp³-hybridized carbons (Fsp3) is 0.207. The zero-order chi connectivity index (χ0) is 29.5. The van der Waals surface area contributed by atoms with Crippen molar-refractivity contribution < 1.29 is 27.9 Å². The van der Waals surface area contributed by atoms with Gasteiger partial charge in [0.1, 0.15) is 11.6 Å². The molecule has 2 N–H and O–H groups in total. The minimum absolute atomic E-state index is 0.0489. The van der Waals surface area contributed by atoms with Gasteiger partial charge in [0.15, 0.2) is 0 Å². The highest BCUT2D eigenvalue weighted by Crippen LogP contribution is 2.26. The average Bonchev–Trinajstić information content (AvgIpc) is 3.34. The summed E-state index contributed by atoms with van der Waals surface area (Å²) in [5.74, 6) is -1.28. The van der Waals surface area contributed by atoms with Crippen molar-refractivity contribution in [1.82, 2.24) is 25.2 Å². The number of nitrogens with zero attached hydrogens (tertiary/aromatic N) is 3. The molecule has 0 aliphatic heterocycles. The van der Waals surface area contributed by atoms with E-state index in [1.165, 1.54) is 44.0 Å². The number of carbonyl (C=O) groups is 2. The topological polar surface area (TPSA) is 138 Å². The number of nitrogens with one attached hydrogen (secondary N) is 2. The minimum atomic E-state index is -0.689. The highest BCUT2D eigenvalue weighted by atomic mass is 19.1. The van der Waals surface area contributed by atoms with Crippen LogP contribution >= 0.6 is 0 Å². The molecule has 0 saturated carbocycles. The average molecular weight is 562 g/mol. The van der Waals surface area contributed by atoms with E-state index in [0.29, 0.717) is 22.4 Å². The van der Waals surface area contributed by atoms with Gasteiger partial charge in [-0.05, 0) is 42.3 Å². The molecule has 0 fully saturated rings. The van der Waals surface area contributed by atoms with Crippen molar-refractivity contribution in [2.45, 2.75) is 26.9 Å². The van der Waals surface area contributed by atoms with Gasteiger partial charge in [-0.3, -0.25) is 9.59 Å². The van der Waals surface area contributed by atoms with Crippen molar-refractivity contribution in [2.75, 3.05) is 14.2 Å². The first-order valence-electron chi connectivity index (χ1n) is 12.5. The number of benzene rings is 2. The van der Waals surface area contributed by atoms with E-state index < -0.39 is 11.6 Å². The lowest BCUT2D eigenvalue weighted by Gasteiger charge is -2.09. The second-order valence-corrected chi connectivity index (χ2v) is 8.87. The van der Waals surface area contributed by atoms with Gasteiger partial charge in [0, 0.05) is 25.1 Å². The number of halogens is 1. The van der Waals surface area contributed by atoms with Crippen LogP contribution < -0.4 is 25.9 Å². The Balaban J connectivity index is 1.40. The number of carbonyl (C=O) groups excluding carboxylic acids is 2. The second kappa shape index (κ2) is 12.7. The number of amides is 2. The lowest BCUT2D eigenvalue weighted by molar-refractivity contribution is -0.119. The number of aromatic nitrogens is 3. The van der Waals surface area contributed by atoms with Gasteiger partial charge in [-0.15, -0.1) is 0 Å². The molecule has 2 heterocycles. The molecule has 2 aromatic heterocycles. The van der Waals surface area contributed by atoms with Gasteiger partial charge in [0.25, 0.3) is 0 Å². The molecule has 4 aromatic rings. The van der Waals surface area contributed by atoms with Crippen LogP contribution in [0.4, 0.5) is 4.39 Å². The van der Waals surface area contributed by atoms with Crippen LogP contribution in [0.15, 0.2) is 63.9 Å². The Morgan fingerprint density at radius 2 is 1.80 bits per heavy atom. The second-order valence-electron chi connectivity index (χ2n) is 8.87. The van der Waals surface area contributed by atoms with E-state index in [1.54, 1.807) is 49.4 Å². The summed E-state index contributed by atoms with van der Waals surface area (Å²) in [5, 5.41) is 5.34. The summed E-state index contributed by atoms with van der Waals surface area (Å²) in [7, 11) is 2.92. The Labute approximate surface area is 234 Å². The largest absolute Gasteiger partial charge is 0.480 e. The minimum Gasteiger partial charge on any atom is -0.480 e. The lowest BCUT2D eigenvalue weighted by atomic mass is 10.0. The fourth-order valence-electron chi connectivity index (χ4n) is 3.92. The molecule has 41 heavy (non-hydrogen) atoms. The zero-order valence-corrected chi connectivity index (χ0v) is 22.9. The third-order valence-electron chi connectivity index (χ3n) is 6.02. The maximum absolute atomic E-state index is 15.0. The third kappa shape index (κ3) is 7.04. The van der Waals surface area contributed by atoms with Gasteiger partial charge in [-0.2, -0.15) is 9.97 Å². The molecule has 2 amide bonds. The molecule has 0 saturated heterocycles. The van der Waals surface area contributed by atoms with Gasteiger partial charge in [-0.1, -0.05) is 24.3 Å². The molecule has 0 spiro atoms. The first-order valence-corrected chi connectivity index (χ1v) is 12.5. The number of ether oxygens (including phenoxy) is 2. The number of aryl methyl sites for hydroxylation is 1. The van der Waals surface area contributed by atoms with Gasteiger partial charge >= 0.3 is 11.8 Å². The molecule has 11 nitrogen and oxygen atoms in total. The van der Waals surface area contributed by atoms with Crippen LogP contribution in [0, 0.1) is 12.7 Å². The highest BCUT2D eigenvalue weighted by Gasteiger charge is 2.13. The number of hydrogen-bond acceptors (Lipinski definition) is 8. The number of rotatable bonds is 10. The van der Waals surface area contributed by atoms with Gasteiger partial charge in [0.2, 0.25) is 17.7 Å². The van der Waals surface area contributed by atoms with Crippen molar-refractivity contribution in [3.63, 3.8) is 0 Å². The maximum Gasteiger partial charge on any atom is 0.423 e.